The van der Waals surface area contributed by atoms with Crippen LogP contribution in [-0.4, -0.2) is 47.6 Å². The molecule has 2 aromatic heterocycles. The zero-order valence-electron chi connectivity index (χ0n) is 13.7. The Morgan fingerprint density at radius 1 is 1.46 bits per heavy atom. The third-order valence-corrected chi connectivity index (χ3v) is 4.78. The van der Waals surface area contributed by atoms with Crippen LogP contribution in [0.4, 0.5) is 5.69 Å². The molecule has 0 saturated heterocycles. The summed E-state index contributed by atoms with van der Waals surface area (Å²) in [5, 5.41) is 4.36. The lowest BCUT2D eigenvalue weighted by Gasteiger charge is -2.23. The monoisotopic (exact) mass is 370 g/mol. The molecule has 0 spiro atoms. The number of anilines is 1. The first-order chi connectivity index (χ1) is 11.2. The molecule has 130 valence electrons. The molecule has 1 unspecified atom stereocenters. The van der Waals surface area contributed by atoms with Crippen molar-refractivity contribution in [3.63, 3.8) is 0 Å². The predicted molar refractivity (Wildman–Crippen MR) is 93.3 cm³/mol. The van der Waals surface area contributed by atoms with Crippen molar-refractivity contribution in [1.82, 2.24) is 14.8 Å². The number of rotatable bonds is 6. The van der Waals surface area contributed by atoms with Crippen LogP contribution in [0.3, 0.4) is 0 Å². The number of carbonyl (C=O) groups is 1. The van der Waals surface area contributed by atoms with Gasteiger partial charge in [0.15, 0.2) is 5.15 Å². The number of hydrogen-bond donors (Lipinski definition) is 0. The Labute approximate surface area is 146 Å². The van der Waals surface area contributed by atoms with Gasteiger partial charge in [0.05, 0.1) is 23.8 Å². The van der Waals surface area contributed by atoms with E-state index in [1.165, 1.54) is 9.58 Å². The van der Waals surface area contributed by atoms with E-state index in [0.29, 0.717) is 17.9 Å². The summed E-state index contributed by atoms with van der Waals surface area (Å²) in [4.78, 5) is 18.1. The zero-order valence-corrected chi connectivity index (χ0v) is 15.3. The molecule has 2 aromatic rings. The van der Waals surface area contributed by atoms with Gasteiger partial charge in [0, 0.05) is 24.9 Å². The van der Waals surface area contributed by atoms with Crippen LogP contribution in [0.1, 0.15) is 13.8 Å². The highest BCUT2D eigenvalue weighted by Crippen LogP contribution is 2.27. The molecule has 1 amide bonds. The molecule has 7 nitrogen and oxygen atoms in total. The highest BCUT2D eigenvalue weighted by Gasteiger charge is 2.26. The largest absolute Gasteiger partial charge is 0.308 e. The number of pyridine rings is 1. The smallest absolute Gasteiger partial charge is 0.230 e. The van der Waals surface area contributed by atoms with Gasteiger partial charge in [-0.15, -0.1) is 0 Å². The summed E-state index contributed by atoms with van der Waals surface area (Å²) in [6, 6.07) is 3.58. The third kappa shape index (κ3) is 4.33. The fourth-order valence-corrected chi connectivity index (χ4v) is 3.67. The molecule has 24 heavy (non-hydrogen) atoms. The minimum absolute atomic E-state index is 0.167. The molecular weight excluding hydrogens is 352 g/mol. The Morgan fingerprint density at radius 2 is 2.17 bits per heavy atom. The first-order valence-electron chi connectivity index (χ1n) is 7.37. The molecule has 0 aromatic carbocycles. The van der Waals surface area contributed by atoms with Gasteiger partial charge in [-0.2, -0.15) is 5.10 Å². The highest BCUT2D eigenvalue weighted by molar-refractivity contribution is 7.90. The van der Waals surface area contributed by atoms with E-state index in [1.54, 1.807) is 38.5 Å². The molecule has 1 atom stereocenters. The summed E-state index contributed by atoms with van der Waals surface area (Å²) in [5.74, 6) is -1.19. The fourth-order valence-electron chi connectivity index (χ4n) is 2.38. The van der Waals surface area contributed by atoms with Crippen LogP contribution in [0.15, 0.2) is 30.7 Å². The van der Waals surface area contributed by atoms with Crippen LogP contribution < -0.4 is 4.90 Å². The molecule has 9 heteroatoms. The summed E-state index contributed by atoms with van der Waals surface area (Å²) in [5.41, 5.74) is 1.15. The van der Waals surface area contributed by atoms with Crippen molar-refractivity contribution in [2.45, 2.75) is 13.8 Å². The van der Waals surface area contributed by atoms with Gasteiger partial charge in [-0.1, -0.05) is 18.5 Å². The van der Waals surface area contributed by atoms with Gasteiger partial charge in [-0.05, 0) is 19.1 Å². The standard InChI is InChI=1S/C15H19ClN4O3S/c1-4-19(15(21)11(2)10-24(3,22)23)13-9-20(18-14(13)16)12-6-5-7-17-8-12/h5-9,11H,4,10H2,1-3H3. The number of hydrogen-bond acceptors (Lipinski definition) is 5. The average Bonchev–Trinajstić information content (AvgIpc) is 2.89. The second-order valence-electron chi connectivity index (χ2n) is 5.54. The third-order valence-electron chi connectivity index (χ3n) is 3.41. The Kier molecular flexibility index (Phi) is 5.61. The summed E-state index contributed by atoms with van der Waals surface area (Å²) < 4.78 is 24.4. The Morgan fingerprint density at radius 3 is 2.71 bits per heavy atom. The molecule has 0 aliphatic carbocycles. The normalized spacial score (nSPS) is 12.8. The van der Waals surface area contributed by atoms with Crippen molar-refractivity contribution in [2.75, 3.05) is 23.5 Å². The van der Waals surface area contributed by atoms with Crippen LogP contribution in [0.2, 0.25) is 5.15 Å². The number of carbonyl (C=O) groups excluding carboxylic acids is 1. The molecule has 2 rings (SSSR count). The van der Waals surface area contributed by atoms with Crippen LogP contribution in [-0.2, 0) is 14.6 Å². The second-order valence-corrected chi connectivity index (χ2v) is 8.08. The Hall–Kier alpha value is -1.93. The van der Waals surface area contributed by atoms with E-state index in [-0.39, 0.29) is 16.8 Å². The fraction of sp³-hybridized carbons (Fsp3) is 0.400. The first-order valence-corrected chi connectivity index (χ1v) is 9.81. The average molecular weight is 371 g/mol. The number of nitrogens with zero attached hydrogens (tertiary/aromatic N) is 4. The van der Waals surface area contributed by atoms with Crippen molar-refractivity contribution in [2.24, 2.45) is 5.92 Å². The maximum Gasteiger partial charge on any atom is 0.230 e. The van der Waals surface area contributed by atoms with E-state index in [9.17, 15) is 13.2 Å². The SMILES string of the molecule is CCN(C(=O)C(C)CS(C)(=O)=O)c1cn(-c2cccnc2)nc1Cl. The quantitative estimate of drug-likeness (QED) is 0.775. The second kappa shape index (κ2) is 7.31. The van der Waals surface area contributed by atoms with E-state index in [0.717, 1.165) is 6.26 Å². The van der Waals surface area contributed by atoms with Crippen molar-refractivity contribution >= 4 is 33.0 Å². The van der Waals surface area contributed by atoms with Crippen molar-refractivity contribution in [3.8, 4) is 5.69 Å². The van der Waals surface area contributed by atoms with Gasteiger partial charge < -0.3 is 4.90 Å². The number of sulfone groups is 1. The Balaban J connectivity index is 2.31. The minimum atomic E-state index is -3.25. The van der Waals surface area contributed by atoms with Crippen LogP contribution in [0.25, 0.3) is 5.69 Å². The molecule has 0 N–H and O–H groups in total. The lowest BCUT2D eigenvalue weighted by molar-refractivity contribution is -0.121. The van der Waals surface area contributed by atoms with Gasteiger partial charge in [0.25, 0.3) is 0 Å². The predicted octanol–water partition coefficient (Wildman–Crippen LogP) is 1.95. The van der Waals surface area contributed by atoms with Crippen molar-refractivity contribution in [1.29, 1.82) is 0 Å². The van der Waals surface area contributed by atoms with Gasteiger partial charge in [0.1, 0.15) is 15.5 Å². The highest BCUT2D eigenvalue weighted by atomic mass is 35.5. The van der Waals surface area contributed by atoms with E-state index in [2.05, 4.69) is 10.1 Å². The molecule has 0 fully saturated rings. The first kappa shape index (κ1) is 18.4. The van der Waals surface area contributed by atoms with Crippen LogP contribution >= 0.6 is 11.6 Å². The zero-order chi connectivity index (χ0) is 17.9. The van der Waals surface area contributed by atoms with Crippen molar-refractivity contribution in [3.05, 3.63) is 35.9 Å². The van der Waals surface area contributed by atoms with E-state index in [4.69, 9.17) is 11.6 Å². The molecule has 0 bridgehead atoms. The molecule has 0 radical (unpaired) electrons. The molecular formula is C15H19ClN4O3S. The minimum Gasteiger partial charge on any atom is -0.308 e. The van der Waals surface area contributed by atoms with Gasteiger partial charge in [-0.25, -0.2) is 13.1 Å². The van der Waals surface area contributed by atoms with E-state index in [1.807, 2.05) is 6.07 Å². The number of aromatic nitrogens is 3. The van der Waals surface area contributed by atoms with Crippen LogP contribution in [0, 0.1) is 5.92 Å². The maximum absolute atomic E-state index is 12.6. The lowest BCUT2D eigenvalue weighted by Crippen LogP contribution is -2.37. The van der Waals surface area contributed by atoms with E-state index < -0.39 is 15.8 Å². The van der Waals surface area contributed by atoms with Crippen LogP contribution in [0.5, 0.6) is 0 Å². The molecule has 0 aliphatic rings. The van der Waals surface area contributed by atoms with Gasteiger partial charge in [-0.3, -0.25) is 9.78 Å². The number of halogens is 1. The molecule has 0 saturated carbocycles. The topological polar surface area (TPSA) is 85.2 Å². The summed E-state index contributed by atoms with van der Waals surface area (Å²) in [6.45, 7) is 3.74. The van der Waals surface area contributed by atoms with Gasteiger partial charge >= 0.3 is 0 Å². The maximum atomic E-state index is 12.6. The summed E-state index contributed by atoms with van der Waals surface area (Å²) in [6.07, 6.45) is 6.01. The summed E-state index contributed by atoms with van der Waals surface area (Å²) >= 11 is 6.19. The van der Waals surface area contributed by atoms with Gasteiger partial charge in [0.2, 0.25) is 5.91 Å². The lowest BCUT2D eigenvalue weighted by atomic mass is 10.2. The van der Waals surface area contributed by atoms with E-state index >= 15 is 0 Å². The molecule has 2 heterocycles. The number of amides is 1. The van der Waals surface area contributed by atoms with Crippen molar-refractivity contribution < 1.29 is 13.2 Å². The molecule has 0 aliphatic heterocycles. The summed E-state index contributed by atoms with van der Waals surface area (Å²) in [7, 11) is -3.25. The Bertz CT molecular complexity index is 820.